The molecule has 2 heterocycles. The van der Waals surface area contributed by atoms with Crippen LogP contribution in [0, 0.1) is 0 Å². The van der Waals surface area contributed by atoms with Crippen molar-refractivity contribution >= 4 is 33.1 Å². The number of aromatic nitrogens is 1. The van der Waals surface area contributed by atoms with Crippen LogP contribution in [0.3, 0.4) is 0 Å². The minimum atomic E-state index is -3.81. The SMILES string of the molecule is C[C@@](CC1CC(c2ccc(-c3ccncc3Cl)cc2)=NO1)(C(=O)NO)S(C)(=O)=O. The summed E-state index contributed by atoms with van der Waals surface area (Å²) in [5, 5.41) is 13.5. The molecule has 0 fully saturated rings. The summed E-state index contributed by atoms with van der Waals surface area (Å²) in [4.78, 5) is 21.3. The van der Waals surface area contributed by atoms with E-state index >= 15 is 0 Å². The number of carbonyl (C=O) groups excluding carboxylic acids is 1. The molecular weight excluding hydrogens is 418 g/mol. The van der Waals surface area contributed by atoms with Gasteiger partial charge in [0.05, 0.1) is 10.7 Å². The molecule has 0 saturated heterocycles. The van der Waals surface area contributed by atoms with Crippen LogP contribution in [0.25, 0.3) is 11.1 Å². The highest BCUT2D eigenvalue weighted by atomic mass is 35.5. The minimum Gasteiger partial charge on any atom is -0.392 e. The van der Waals surface area contributed by atoms with Gasteiger partial charge in [0.2, 0.25) is 0 Å². The van der Waals surface area contributed by atoms with E-state index in [0.29, 0.717) is 17.2 Å². The average Bonchev–Trinajstić information content (AvgIpc) is 3.15. The Morgan fingerprint density at radius 1 is 1.31 bits per heavy atom. The Kier molecular flexibility index (Phi) is 5.92. The number of pyridine rings is 1. The van der Waals surface area contributed by atoms with Gasteiger partial charge in [0.25, 0.3) is 5.91 Å². The van der Waals surface area contributed by atoms with E-state index in [-0.39, 0.29) is 6.42 Å². The second kappa shape index (κ2) is 8.10. The fourth-order valence-corrected chi connectivity index (χ4v) is 4.22. The zero-order valence-electron chi connectivity index (χ0n) is 15.8. The summed E-state index contributed by atoms with van der Waals surface area (Å²) >= 11 is 6.17. The third-order valence-electron chi connectivity index (χ3n) is 5.05. The number of rotatable bonds is 6. The Labute approximate surface area is 173 Å². The van der Waals surface area contributed by atoms with Crippen molar-refractivity contribution in [1.82, 2.24) is 10.5 Å². The van der Waals surface area contributed by atoms with Gasteiger partial charge in [-0.1, -0.05) is 41.0 Å². The number of halogens is 1. The summed E-state index contributed by atoms with van der Waals surface area (Å²) in [5.74, 6) is -1.00. The molecule has 2 N–H and O–H groups in total. The summed E-state index contributed by atoms with van der Waals surface area (Å²) in [6, 6.07) is 9.35. The Morgan fingerprint density at radius 3 is 2.55 bits per heavy atom. The first-order valence-corrected chi connectivity index (χ1v) is 11.0. The summed E-state index contributed by atoms with van der Waals surface area (Å²) in [6.45, 7) is 1.25. The lowest BCUT2D eigenvalue weighted by Crippen LogP contribution is -2.51. The molecule has 154 valence electrons. The number of hydroxylamine groups is 1. The summed E-state index contributed by atoms with van der Waals surface area (Å²) in [5.41, 5.74) is 4.66. The van der Waals surface area contributed by atoms with Crippen LogP contribution in [0.1, 0.15) is 25.3 Å². The number of nitrogens with zero attached hydrogens (tertiary/aromatic N) is 2. The third kappa shape index (κ3) is 4.26. The monoisotopic (exact) mass is 437 g/mol. The van der Waals surface area contributed by atoms with E-state index in [1.165, 1.54) is 12.4 Å². The second-order valence-corrected chi connectivity index (χ2v) is 9.90. The van der Waals surface area contributed by atoms with Crippen molar-refractivity contribution < 1.29 is 23.3 Å². The van der Waals surface area contributed by atoms with Crippen molar-refractivity contribution in [2.24, 2.45) is 5.16 Å². The molecule has 1 amide bonds. The minimum absolute atomic E-state index is 0.143. The van der Waals surface area contributed by atoms with E-state index in [2.05, 4.69) is 10.1 Å². The zero-order valence-corrected chi connectivity index (χ0v) is 17.4. The molecule has 1 aromatic carbocycles. The molecule has 2 aromatic rings. The Bertz CT molecular complexity index is 1060. The molecule has 0 radical (unpaired) electrons. The van der Waals surface area contributed by atoms with Crippen LogP contribution < -0.4 is 5.48 Å². The molecule has 3 rings (SSSR count). The van der Waals surface area contributed by atoms with Crippen LogP contribution in [0.5, 0.6) is 0 Å². The molecular formula is C19H20ClN3O5S. The van der Waals surface area contributed by atoms with Gasteiger partial charge < -0.3 is 4.84 Å². The summed E-state index contributed by atoms with van der Waals surface area (Å²) < 4.78 is 22.4. The molecule has 1 aliphatic rings. The highest BCUT2D eigenvalue weighted by Crippen LogP contribution is 2.31. The number of oxime groups is 1. The van der Waals surface area contributed by atoms with E-state index in [4.69, 9.17) is 21.6 Å². The lowest BCUT2D eigenvalue weighted by Gasteiger charge is -2.26. The molecule has 1 unspecified atom stereocenters. The van der Waals surface area contributed by atoms with Gasteiger partial charge in [0.15, 0.2) is 14.6 Å². The van der Waals surface area contributed by atoms with Gasteiger partial charge in [-0.3, -0.25) is 15.0 Å². The molecule has 1 aliphatic heterocycles. The van der Waals surface area contributed by atoms with Crippen molar-refractivity contribution in [3.8, 4) is 11.1 Å². The fraction of sp³-hybridized carbons (Fsp3) is 0.316. The Hall–Kier alpha value is -2.49. The largest absolute Gasteiger partial charge is 0.392 e. The normalized spacial score (nSPS) is 18.5. The van der Waals surface area contributed by atoms with E-state index in [9.17, 15) is 13.2 Å². The summed E-state index contributed by atoms with van der Waals surface area (Å²) in [6.07, 6.45) is 3.76. The van der Waals surface area contributed by atoms with E-state index < -0.39 is 26.6 Å². The highest BCUT2D eigenvalue weighted by molar-refractivity contribution is 7.92. The van der Waals surface area contributed by atoms with Crippen LogP contribution in [0.15, 0.2) is 47.9 Å². The van der Waals surface area contributed by atoms with Crippen molar-refractivity contribution in [2.75, 3.05) is 6.26 Å². The van der Waals surface area contributed by atoms with Crippen LogP contribution >= 0.6 is 11.6 Å². The van der Waals surface area contributed by atoms with Gasteiger partial charge in [0, 0.05) is 37.1 Å². The number of nitrogens with one attached hydrogen (secondary N) is 1. The van der Waals surface area contributed by atoms with Crippen LogP contribution in [-0.2, 0) is 19.5 Å². The highest BCUT2D eigenvalue weighted by Gasteiger charge is 2.47. The fourth-order valence-electron chi connectivity index (χ4n) is 3.12. The predicted molar refractivity (Wildman–Crippen MR) is 109 cm³/mol. The van der Waals surface area contributed by atoms with Gasteiger partial charge in [-0.05, 0) is 24.1 Å². The van der Waals surface area contributed by atoms with Gasteiger partial charge in [-0.15, -0.1) is 0 Å². The van der Waals surface area contributed by atoms with Crippen molar-refractivity contribution in [3.63, 3.8) is 0 Å². The number of carbonyl (C=O) groups is 1. The maximum atomic E-state index is 12.1. The maximum Gasteiger partial charge on any atom is 0.264 e. The van der Waals surface area contributed by atoms with Crippen LogP contribution in [0.2, 0.25) is 5.02 Å². The lowest BCUT2D eigenvalue weighted by molar-refractivity contribution is -0.132. The third-order valence-corrected chi connectivity index (χ3v) is 7.34. The molecule has 29 heavy (non-hydrogen) atoms. The second-order valence-electron chi connectivity index (χ2n) is 7.05. The number of sulfone groups is 1. The number of amides is 1. The molecule has 0 aliphatic carbocycles. The molecule has 1 aromatic heterocycles. The number of benzene rings is 1. The standard InChI is InChI=1S/C19H20ClN3O5S/c1-19(18(24)22-25,29(2,26)27)10-14-9-17(23-28-14)13-5-3-12(4-6-13)15-7-8-21-11-16(15)20/h3-8,11,14,25H,9-10H2,1-2H3,(H,22,24)/t14?,19-/m1/s1. The van der Waals surface area contributed by atoms with Crippen LogP contribution in [0.4, 0.5) is 0 Å². The average molecular weight is 438 g/mol. The van der Waals surface area contributed by atoms with Gasteiger partial charge in [-0.2, -0.15) is 0 Å². The Balaban J connectivity index is 1.74. The summed E-state index contributed by atoms with van der Waals surface area (Å²) in [7, 11) is -3.81. The molecule has 0 bridgehead atoms. The smallest absolute Gasteiger partial charge is 0.264 e. The van der Waals surface area contributed by atoms with Gasteiger partial charge in [0.1, 0.15) is 6.10 Å². The van der Waals surface area contributed by atoms with Crippen molar-refractivity contribution in [3.05, 3.63) is 53.3 Å². The van der Waals surface area contributed by atoms with E-state index in [1.807, 2.05) is 30.3 Å². The van der Waals surface area contributed by atoms with Gasteiger partial charge in [-0.25, -0.2) is 13.9 Å². The number of hydrogen-bond acceptors (Lipinski definition) is 7. The van der Waals surface area contributed by atoms with Crippen molar-refractivity contribution in [1.29, 1.82) is 0 Å². The van der Waals surface area contributed by atoms with Crippen LogP contribution in [-0.4, -0.2) is 47.3 Å². The predicted octanol–water partition coefficient (Wildman–Crippen LogP) is 2.59. The quantitative estimate of drug-likeness (QED) is 0.529. The van der Waals surface area contributed by atoms with Gasteiger partial charge >= 0.3 is 0 Å². The first-order chi connectivity index (χ1) is 13.7. The number of hydrogen-bond donors (Lipinski definition) is 2. The molecule has 2 atom stereocenters. The molecule has 10 heteroatoms. The van der Waals surface area contributed by atoms with E-state index in [1.54, 1.807) is 12.4 Å². The zero-order chi connectivity index (χ0) is 21.2. The van der Waals surface area contributed by atoms with Crippen molar-refractivity contribution in [2.45, 2.75) is 30.6 Å². The molecule has 0 spiro atoms. The first kappa shape index (κ1) is 21.2. The maximum absolute atomic E-state index is 12.1. The lowest BCUT2D eigenvalue weighted by atomic mass is 9.96. The Morgan fingerprint density at radius 2 is 1.97 bits per heavy atom. The topological polar surface area (TPSA) is 118 Å². The van der Waals surface area contributed by atoms with E-state index in [0.717, 1.165) is 22.9 Å². The molecule has 0 saturated carbocycles. The molecule has 8 nitrogen and oxygen atoms in total. The first-order valence-electron chi connectivity index (χ1n) is 8.73.